The average molecular weight is 132 g/mol. The van der Waals surface area contributed by atoms with E-state index in [4.69, 9.17) is 10.4 Å². The van der Waals surface area contributed by atoms with Gasteiger partial charge in [-0.3, -0.25) is 5.26 Å². The lowest BCUT2D eigenvalue weighted by Gasteiger charge is -2.22. The molecule has 1 aliphatic rings. The molecule has 2 atom stereocenters. The van der Waals surface area contributed by atoms with Gasteiger partial charge in [0.15, 0.2) is 0 Å². The van der Waals surface area contributed by atoms with Gasteiger partial charge < -0.3 is 5.11 Å². The monoisotopic (exact) mass is 132 g/mol. The van der Waals surface area contributed by atoms with E-state index in [2.05, 4.69) is 4.89 Å². The van der Waals surface area contributed by atoms with Gasteiger partial charge >= 0.3 is 0 Å². The Morgan fingerprint density at radius 3 is 2.56 bits per heavy atom. The Bertz CT molecular complexity index is 84.4. The van der Waals surface area contributed by atoms with Crippen molar-refractivity contribution in [3.63, 3.8) is 0 Å². The van der Waals surface area contributed by atoms with Crippen LogP contribution >= 0.6 is 0 Å². The Hall–Kier alpha value is -0.120. The summed E-state index contributed by atoms with van der Waals surface area (Å²) in [6.45, 7) is 0. The summed E-state index contributed by atoms with van der Waals surface area (Å²) in [5, 5.41) is 17.2. The van der Waals surface area contributed by atoms with E-state index in [1.807, 2.05) is 0 Å². The molecule has 2 unspecified atom stereocenters. The summed E-state index contributed by atoms with van der Waals surface area (Å²) in [4.78, 5) is 4.10. The van der Waals surface area contributed by atoms with Crippen LogP contribution in [0.15, 0.2) is 0 Å². The van der Waals surface area contributed by atoms with E-state index in [1.54, 1.807) is 0 Å². The van der Waals surface area contributed by atoms with Gasteiger partial charge in [0.25, 0.3) is 0 Å². The predicted octanol–water partition coefficient (Wildman–Crippen LogP) is 0.779. The van der Waals surface area contributed by atoms with Gasteiger partial charge in [-0.05, 0) is 19.3 Å². The first kappa shape index (κ1) is 6.99. The first-order valence-electron chi connectivity index (χ1n) is 3.31. The van der Waals surface area contributed by atoms with Crippen molar-refractivity contribution in [1.82, 2.24) is 0 Å². The quantitative estimate of drug-likeness (QED) is 0.409. The van der Waals surface area contributed by atoms with Crippen molar-refractivity contribution in [2.75, 3.05) is 0 Å². The van der Waals surface area contributed by atoms with Gasteiger partial charge in [0.2, 0.25) is 0 Å². The highest BCUT2D eigenvalue weighted by molar-refractivity contribution is 4.70. The van der Waals surface area contributed by atoms with Crippen LogP contribution in [-0.2, 0) is 4.89 Å². The maximum absolute atomic E-state index is 9.02. The first-order valence-corrected chi connectivity index (χ1v) is 3.31. The van der Waals surface area contributed by atoms with Crippen molar-refractivity contribution >= 4 is 0 Å². The normalized spacial score (nSPS) is 36.7. The zero-order valence-corrected chi connectivity index (χ0v) is 5.29. The summed E-state index contributed by atoms with van der Waals surface area (Å²) in [5.41, 5.74) is 0. The molecule has 2 N–H and O–H groups in total. The van der Waals surface area contributed by atoms with Gasteiger partial charge in [0.1, 0.15) is 0 Å². The third-order valence-electron chi connectivity index (χ3n) is 1.75. The molecule has 0 aromatic rings. The van der Waals surface area contributed by atoms with Crippen LogP contribution in [-0.4, -0.2) is 22.6 Å². The minimum absolute atomic E-state index is 0.131. The van der Waals surface area contributed by atoms with Crippen LogP contribution in [0.25, 0.3) is 0 Å². The highest BCUT2D eigenvalue weighted by Crippen LogP contribution is 2.19. The molecule has 3 nitrogen and oxygen atoms in total. The summed E-state index contributed by atoms with van der Waals surface area (Å²) in [5.74, 6) is 0. The second-order valence-corrected chi connectivity index (χ2v) is 2.55. The highest BCUT2D eigenvalue weighted by atomic mass is 17.1. The minimum atomic E-state index is -0.268. The van der Waals surface area contributed by atoms with E-state index < -0.39 is 0 Å². The Labute approximate surface area is 54.2 Å². The van der Waals surface area contributed by atoms with Gasteiger partial charge in [-0.1, -0.05) is 0 Å². The lowest BCUT2D eigenvalue weighted by atomic mass is 9.95. The van der Waals surface area contributed by atoms with Gasteiger partial charge in [-0.15, -0.1) is 0 Å². The SMILES string of the molecule is OOC1CCCC(O)C1. The fourth-order valence-electron chi connectivity index (χ4n) is 1.22. The van der Waals surface area contributed by atoms with Crippen LogP contribution in [0.3, 0.4) is 0 Å². The standard InChI is InChI=1S/C6H12O3/c7-5-2-1-3-6(4-5)9-8/h5-8H,1-4H2. The van der Waals surface area contributed by atoms with Gasteiger partial charge in [-0.25, -0.2) is 4.89 Å². The van der Waals surface area contributed by atoms with E-state index in [9.17, 15) is 0 Å². The lowest BCUT2D eigenvalue weighted by molar-refractivity contribution is -0.288. The van der Waals surface area contributed by atoms with Crippen molar-refractivity contribution in [1.29, 1.82) is 0 Å². The maximum Gasteiger partial charge on any atom is 0.0952 e. The number of aliphatic hydroxyl groups is 1. The number of rotatable bonds is 1. The van der Waals surface area contributed by atoms with Crippen molar-refractivity contribution in [3.8, 4) is 0 Å². The molecule has 1 saturated carbocycles. The number of hydrogen-bond acceptors (Lipinski definition) is 3. The van der Waals surface area contributed by atoms with Crippen LogP contribution in [0.5, 0.6) is 0 Å². The molecule has 54 valence electrons. The smallest absolute Gasteiger partial charge is 0.0952 e. The van der Waals surface area contributed by atoms with E-state index >= 15 is 0 Å². The summed E-state index contributed by atoms with van der Waals surface area (Å²) in [6.07, 6.45) is 2.85. The fourth-order valence-corrected chi connectivity index (χ4v) is 1.22. The predicted molar refractivity (Wildman–Crippen MR) is 32.0 cm³/mol. The molecule has 0 heterocycles. The molecular weight excluding hydrogens is 120 g/mol. The molecule has 1 rings (SSSR count). The van der Waals surface area contributed by atoms with E-state index in [0.717, 1.165) is 19.3 Å². The Kier molecular flexibility index (Phi) is 2.45. The zero-order valence-electron chi connectivity index (χ0n) is 5.29. The van der Waals surface area contributed by atoms with Crippen molar-refractivity contribution in [3.05, 3.63) is 0 Å². The van der Waals surface area contributed by atoms with Crippen molar-refractivity contribution in [2.45, 2.75) is 37.9 Å². The minimum Gasteiger partial charge on any atom is -0.393 e. The van der Waals surface area contributed by atoms with Crippen LogP contribution < -0.4 is 0 Å². The largest absolute Gasteiger partial charge is 0.393 e. The van der Waals surface area contributed by atoms with Gasteiger partial charge in [0, 0.05) is 6.42 Å². The average Bonchev–Trinajstić information content (AvgIpc) is 1.88. The molecular formula is C6H12O3. The molecule has 0 bridgehead atoms. The Balaban J connectivity index is 2.23. The summed E-state index contributed by atoms with van der Waals surface area (Å²) >= 11 is 0. The Morgan fingerprint density at radius 1 is 1.33 bits per heavy atom. The fraction of sp³-hybridized carbons (Fsp3) is 1.00. The molecule has 0 aliphatic heterocycles. The van der Waals surface area contributed by atoms with E-state index in [0.29, 0.717) is 6.42 Å². The molecule has 0 spiro atoms. The summed E-state index contributed by atoms with van der Waals surface area (Å²) < 4.78 is 0. The molecule has 0 amide bonds. The van der Waals surface area contributed by atoms with E-state index in [1.165, 1.54) is 0 Å². The molecule has 1 aliphatic carbocycles. The van der Waals surface area contributed by atoms with Crippen LogP contribution in [0.2, 0.25) is 0 Å². The zero-order chi connectivity index (χ0) is 6.69. The molecule has 9 heavy (non-hydrogen) atoms. The molecule has 0 aromatic heterocycles. The first-order chi connectivity index (χ1) is 4.33. The van der Waals surface area contributed by atoms with Crippen LogP contribution in [0, 0.1) is 0 Å². The van der Waals surface area contributed by atoms with Crippen molar-refractivity contribution < 1.29 is 15.3 Å². The molecule has 0 saturated heterocycles. The van der Waals surface area contributed by atoms with E-state index in [-0.39, 0.29) is 12.2 Å². The Morgan fingerprint density at radius 2 is 2.11 bits per heavy atom. The summed E-state index contributed by atoms with van der Waals surface area (Å²) in [6, 6.07) is 0. The van der Waals surface area contributed by atoms with Crippen molar-refractivity contribution in [2.24, 2.45) is 0 Å². The molecule has 0 aromatic carbocycles. The molecule has 3 heteroatoms. The molecule has 1 fully saturated rings. The third kappa shape index (κ3) is 1.93. The molecule has 0 radical (unpaired) electrons. The third-order valence-corrected chi connectivity index (χ3v) is 1.75. The second-order valence-electron chi connectivity index (χ2n) is 2.55. The van der Waals surface area contributed by atoms with Crippen LogP contribution in [0.4, 0.5) is 0 Å². The lowest BCUT2D eigenvalue weighted by Crippen LogP contribution is -2.24. The number of hydrogen-bond donors (Lipinski definition) is 2. The number of aliphatic hydroxyl groups excluding tert-OH is 1. The maximum atomic E-state index is 9.02. The van der Waals surface area contributed by atoms with Gasteiger partial charge in [-0.2, -0.15) is 0 Å². The van der Waals surface area contributed by atoms with Gasteiger partial charge in [0.05, 0.1) is 12.2 Å². The summed E-state index contributed by atoms with van der Waals surface area (Å²) in [7, 11) is 0. The second kappa shape index (κ2) is 3.15. The van der Waals surface area contributed by atoms with Crippen LogP contribution in [0.1, 0.15) is 25.7 Å². The highest BCUT2D eigenvalue weighted by Gasteiger charge is 2.20. The topological polar surface area (TPSA) is 49.7 Å².